The molecule has 0 spiro atoms. The molecule has 18 heteroatoms. The van der Waals surface area contributed by atoms with Crippen molar-refractivity contribution in [2.75, 3.05) is 0 Å². The second kappa shape index (κ2) is 7.63. The maximum atomic E-state index is 10.8. The van der Waals surface area contributed by atoms with Crippen LogP contribution in [0.15, 0.2) is 28.8 Å². The summed E-state index contributed by atoms with van der Waals surface area (Å²) in [6.45, 7) is 0. The van der Waals surface area contributed by atoms with Crippen LogP contribution in [0.25, 0.3) is 0 Å². The highest BCUT2D eigenvalue weighted by molar-refractivity contribution is 6.19. The van der Waals surface area contributed by atoms with Gasteiger partial charge in [-0.3, -0.25) is 0 Å². The number of hydrogen-bond donors (Lipinski definition) is 0. The molecule has 0 saturated heterocycles. The standard InChI is InChI=1S/2C3Cl3N3O3/c2*4-7-1(10)8(5)3(12)9(6)2(7)11. The Morgan fingerprint density at radius 1 is 0.333 bits per heavy atom. The molecule has 0 atom stereocenters. The highest BCUT2D eigenvalue weighted by Crippen LogP contribution is 1.79. The van der Waals surface area contributed by atoms with Crippen LogP contribution in [0.1, 0.15) is 0 Å². The summed E-state index contributed by atoms with van der Waals surface area (Å²) in [6, 6.07) is 0. The van der Waals surface area contributed by atoms with Crippen LogP contribution in [0, 0.1) is 0 Å². The van der Waals surface area contributed by atoms with Crippen LogP contribution >= 0.6 is 70.7 Å². The lowest BCUT2D eigenvalue weighted by Crippen LogP contribution is -2.47. The van der Waals surface area contributed by atoms with E-state index in [0.29, 0.717) is 0 Å². The molecule has 0 aliphatic heterocycles. The Balaban J connectivity index is 0.000000240. The molecule has 2 heterocycles. The number of hydrogen-bond acceptors (Lipinski definition) is 6. The zero-order valence-corrected chi connectivity index (χ0v) is 14.9. The van der Waals surface area contributed by atoms with Gasteiger partial charge in [-0.2, -0.15) is 0 Å². The van der Waals surface area contributed by atoms with Gasteiger partial charge >= 0.3 is 34.1 Å². The fourth-order valence-electron chi connectivity index (χ4n) is 0.953. The third-order valence-corrected chi connectivity index (χ3v) is 3.75. The molecule has 0 fully saturated rings. The normalized spacial score (nSPS) is 10.2. The zero-order valence-electron chi connectivity index (χ0n) is 10.4. The van der Waals surface area contributed by atoms with Crippen molar-refractivity contribution < 1.29 is 0 Å². The molecular weight excluding hydrogens is 465 g/mol. The van der Waals surface area contributed by atoms with Crippen LogP contribution in [-0.2, 0) is 0 Å². The molecule has 0 saturated carbocycles. The maximum Gasteiger partial charge on any atom is 0.366 e. The van der Waals surface area contributed by atoms with Gasteiger partial charge in [0.2, 0.25) is 0 Å². The minimum atomic E-state index is -1.16. The molecule has 0 aromatic carbocycles. The van der Waals surface area contributed by atoms with E-state index in [2.05, 4.69) is 0 Å². The summed E-state index contributed by atoms with van der Waals surface area (Å²) in [5.74, 6) is 0. The van der Waals surface area contributed by atoms with E-state index in [4.69, 9.17) is 70.7 Å². The number of rotatable bonds is 0. The first-order chi connectivity index (χ1) is 10.9. The van der Waals surface area contributed by atoms with Crippen molar-refractivity contribution in [2.45, 2.75) is 0 Å². The summed E-state index contributed by atoms with van der Waals surface area (Å²) in [7, 11) is 0. The highest BCUT2D eigenvalue weighted by atomic mass is 35.5. The van der Waals surface area contributed by atoms with Crippen LogP contribution in [0.5, 0.6) is 0 Å². The Hall–Kier alpha value is -1.44. The predicted molar refractivity (Wildman–Crippen MR) is 85.9 cm³/mol. The molecular formula is C6Cl6N6O6. The second-order valence-electron chi connectivity index (χ2n) is 3.38. The second-order valence-corrected chi connectivity index (χ2v) is 5.41. The average molecular weight is 465 g/mol. The first-order valence-corrected chi connectivity index (χ1v) is 6.95. The Morgan fingerprint density at radius 3 is 0.500 bits per heavy atom. The molecule has 2 rings (SSSR count). The molecule has 132 valence electrons. The zero-order chi connectivity index (χ0) is 18.9. The van der Waals surface area contributed by atoms with Gasteiger partial charge in [0.1, 0.15) is 0 Å². The van der Waals surface area contributed by atoms with E-state index in [0.717, 1.165) is 0 Å². The summed E-state index contributed by atoms with van der Waals surface area (Å²) in [6.07, 6.45) is 0. The Morgan fingerprint density at radius 2 is 0.417 bits per heavy atom. The van der Waals surface area contributed by atoms with E-state index >= 15 is 0 Å². The third kappa shape index (κ3) is 3.63. The Kier molecular flexibility index (Phi) is 6.55. The molecule has 0 radical (unpaired) electrons. The van der Waals surface area contributed by atoms with Crippen LogP contribution in [-0.4, -0.2) is 24.5 Å². The van der Waals surface area contributed by atoms with Crippen molar-refractivity contribution >= 4 is 70.7 Å². The quantitative estimate of drug-likeness (QED) is 0.459. The summed E-state index contributed by atoms with van der Waals surface area (Å²) in [4.78, 5) is 64.5. The van der Waals surface area contributed by atoms with E-state index in [-0.39, 0.29) is 24.5 Å². The predicted octanol–water partition coefficient (Wildman–Crippen LogP) is -1.65. The lowest BCUT2D eigenvalue weighted by Gasteiger charge is -1.96. The Bertz CT molecular complexity index is 853. The van der Waals surface area contributed by atoms with Crippen molar-refractivity contribution in [1.82, 2.24) is 24.5 Å². The topological polar surface area (TPSA) is 132 Å². The first-order valence-electron chi connectivity index (χ1n) is 4.92. The van der Waals surface area contributed by atoms with Crippen LogP contribution in [0.4, 0.5) is 0 Å². The monoisotopic (exact) mass is 462 g/mol. The number of nitrogens with zero attached hydrogens (tertiary/aromatic N) is 6. The van der Waals surface area contributed by atoms with Gasteiger partial charge in [0.05, 0.1) is 0 Å². The van der Waals surface area contributed by atoms with Crippen LogP contribution in [0.2, 0.25) is 0 Å². The van der Waals surface area contributed by atoms with Crippen molar-refractivity contribution in [1.29, 1.82) is 0 Å². The summed E-state index contributed by atoms with van der Waals surface area (Å²) in [5.41, 5.74) is -6.97. The molecule has 0 aliphatic carbocycles. The van der Waals surface area contributed by atoms with Crippen LogP contribution in [0.3, 0.4) is 0 Å². The van der Waals surface area contributed by atoms with Crippen molar-refractivity contribution in [3.8, 4) is 0 Å². The maximum absolute atomic E-state index is 10.8. The van der Waals surface area contributed by atoms with Gasteiger partial charge in [-0.1, -0.05) is 0 Å². The Labute approximate surface area is 158 Å². The number of aromatic nitrogens is 6. The van der Waals surface area contributed by atoms with E-state index in [1.807, 2.05) is 0 Å². The summed E-state index contributed by atoms with van der Waals surface area (Å²) < 4.78 is 0.508. The largest absolute Gasteiger partial charge is 0.366 e. The van der Waals surface area contributed by atoms with Crippen molar-refractivity contribution in [3.05, 3.63) is 62.9 Å². The number of halogens is 6. The molecule has 0 N–H and O–H groups in total. The van der Waals surface area contributed by atoms with Crippen LogP contribution < -0.4 is 34.1 Å². The van der Waals surface area contributed by atoms with E-state index in [9.17, 15) is 28.8 Å². The molecule has 24 heavy (non-hydrogen) atoms. The average Bonchev–Trinajstić information content (AvgIpc) is 2.58. The minimum absolute atomic E-state index is 0.0847. The molecule has 0 amide bonds. The minimum Gasteiger partial charge on any atom is -0.244 e. The van der Waals surface area contributed by atoms with E-state index in [1.54, 1.807) is 0 Å². The van der Waals surface area contributed by atoms with Gasteiger partial charge in [0, 0.05) is 70.7 Å². The fraction of sp³-hybridized carbons (Fsp3) is 0. The van der Waals surface area contributed by atoms with Gasteiger partial charge < -0.3 is 0 Å². The van der Waals surface area contributed by atoms with Crippen molar-refractivity contribution in [3.63, 3.8) is 0 Å². The lowest BCUT2D eigenvalue weighted by molar-refractivity contribution is 0.769. The molecule has 12 nitrogen and oxygen atoms in total. The smallest absolute Gasteiger partial charge is 0.244 e. The van der Waals surface area contributed by atoms with Gasteiger partial charge in [-0.05, 0) is 0 Å². The summed E-state index contributed by atoms with van der Waals surface area (Å²) >= 11 is 30.6. The highest BCUT2D eigenvalue weighted by Gasteiger charge is 2.11. The van der Waals surface area contributed by atoms with Gasteiger partial charge in [0.25, 0.3) is 0 Å². The molecule has 2 aromatic heterocycles. The molecule has 0 bridgehead atoms. The van der Waals surface area contributed by atoms with Gasteiger partial charge in [-0.25, -0.2) is 28.8 Å². The van der Waals surface area contributed by atoms with E-state index < -0.39 is 34.1 Å². The third-order valence-electron chi connectivity index (χ3n) is 2.02. The molecule has 0 unspecified atom stereocenters. The van der Waals surface area contributed by atoms with E-state index in [1.165, 1.54) is 0 Å². The van der Waals surface area contributed by atoms with Crippen molar-refractivity contribution in [2.24, 2.45) is 0 Å². The SMILES string of the molecule is O=c1n(Cl)c(=O)n(Cl)c(=O)n1Cl.O=c1n(Cl)c(=O)n(Cl)c(=O)n1Cl. The molecule has 2 aromatic rings. The summed E-state index contributed by atoms with van der Waals surface area (Å²) in [5, 5.41) is 0. The fourth-order valence-corrected chi connectivity index (χ4v) is 2.09. The first kappa shape index (κ1) is 20.6. The lowest BCUT2D eigenvalue weighted by atomic mass is 11.0. The van der Waals surface area contributed by atoms with Gasteiger partial charge in [0.15, 0.2) is 0 Å². The van der Waals surface area contributed by atoms with Gasteiger partial charge in [-0.15, -0.1) is 24.5 Å². The molecule has 0 aliphatic rings.